The fourth-order valence-corrected chi connectivity index (χ4v) is 2.05. The van der Waals surface area contributed by atoms with Gasteiger partial charge in [-0.3, -0.25) is 4.98 Å². The maximum atomic E-state index is 6.15. The zero-order valence-electron chi connectivity index (χ0n) is 10.6. The molecule has 0 aromatic carbocycles. The molecule has 0 N–H and O–H groups in total. The predicted octanol–water partition coefficient (Wildman–Crippen LogP) is 3.77. The highest BCUT2D eigenvalue weighted by atomic mass is 28.4. The van der Waals surface area contributed by atoms with Crippen LogP contribution in [-0.4, -0.2) is 13.3 Å². The lowest BCUT2D eigenvalue weighted by atomic mass is 10.2. The van der Waals surface area contributed by atoms with Crippen molar-refractivity contribution in [3.63, 3.8) is 0 Å². The largest absolute Gasteiger partial charge is 0.543 e. The summed E-state index contributed by atoms with van der Waals surface area (Å²) in [7, 11) is -1.70. The third kappa shape index (κ3) is 3.06. The molecule has 0 atom stereocenters. The van der Waals surface area contributed by atoms with E-state index >= 15 is 0 Å². The monoisotopic (exact) mass is 223 g/mol. The first kappa shape index (κ1) is 12.2. The van der Waals surface area contributed by atoms with Gasteiger partial charge in [-0.25, -0.2) is 0 Å². The number of aromatic nitrogens is 1. The molecular formula is C12H21NOSi. The van der Waals surface area contributed by atoms with Crippen LogP contribution < -0.4 is 4.43 Å². The quantitative estimate of drug-likeness (QED) is 0.712. The summed E-state index contributed by atoms with van der Waals surface area (Å²) in [6.45, 7) is 13.2. The van der Waals surface area contributed by atoms with Crippen molar-refractivity contribution in [1.82, 2.24) is 4.98 Å². The lowest BCUT2D eigenvalue weighted by Crippen LogP contribution is -2.43. The second-order valence-corrected chi connectivity index (χ2v) is 10.2. The van der Waals surface area contributed by atoms with E-state index in [1.165, 1.54) is 0 Å². The standard InChI is InChI=1S/C12H21NOSi/c1-10-9-11(7-8-13-10)14-15(5,6)12(2,3)4/h7-9H,1-6H3. The van der Waals surface area contributed by atoms with Gasteiger partial charge in [-0.2, -0.15) is 0 Å². The van der Waals surface area contributed by atoms with Gasteiger partial charge < -0.3 is 4.43 Å². The summed E-state index contributed by atoms with van der Waals surface area (Å²) in [6, 6.07) is 3.94. The van der Waals surface area contributed by atoms with Gasteiger partial charge in [0.15, 0.2) is 0 Å². The van der Waals surface area contributed by atoms with E-state index in [2.05, 4.69) is 38.8 Å². The average molecular weight is 223 g/mol. The Balaban J connectivity index is 2.87. The summed E-state index contributed by atoms with van der Waals surface area (Å²) in [5.41, 5.74) is 1.01. The maximum absolute atomic E-state index is 6.15. The molecule has 0 amide bonds. The third-order valence-corrected chi connectivity index (χ3v) is 7.41. The normalized spacial score (nSPS) is 12.7. The second kappa shape index (κ2) is 3.97. The summed E-state index contributed by atoms with van der Waals surface area (Å²) in [5.74, 6) is 0.953. The molecule has 1 aromatic heterocycles. The van der Waals surface area contributed by atoms with Crippen molar-refractivity contribution in [1.29, 1.82) is 0 Å². The van der Waals surface area contributed by atoms with Crippen LogP contribution in [0.5, 0.6) is 5.75 Å². The van der Waals surface area contributed by atoms with Crippen molar-refractivity contribution < 1.29 is 4.43 Å². The van der Waals surface area contributed by atoms with Crippen molar-refractivity contribution in [2.45, 2.75) is 45.8 Å². The van der Waals surface area contributed by atoms with Crippen LogP contribution in [-0.2, 0) is 0 Å². The lowest BCUT2D eigenvalue weighted by Gasteiger charge is -2.36. The van der Waals surface area contributed by atoms with Crippen LogP contribution in [0.25, 0.3) is 0 Å². The van der Waals surface area contributed by atoms with Crippen LogP contribution in [0.15, 0.2) is 18.3 Å². The molecule has 3 heteroatoms. The van der Waals surface area contributed by atoms with Crippen LogP contribution in [0, 0.1) is 6.92 Å². The summed E-state index contributed by atoms with van der Waals surface area (Å²) in [6.07, 6.45) is 1.80. The SMILES string of the molecule is Cc1cc(O[Si](C)(C)C(C)(C)C)ccn1. The molecule has 0 saturated carbocycles. The first-order valence-corrected chi connectivity index (χ1v) is 8.25. The number of hydrogen-bond acceptors (Lipinski definition) is 2. The second-order valence-electron chi connectivity index (χ2n) is 5.50. The minimum atomic E-state index is -1.70. The number of rotatable bonds is 2. The lowest BCUT2D eigenvalue weighted by molar-refractivity contribution is 0.491. The third-order valence-electron chi connectivity index (χ3n) is 3.05. The van der Waals surface area contributed by atoms with Crippen LogP contribution >= 0.6 is 0 Å². The molecule has 0 aliphatic carbocycles. The van der Waals surface area contributed by atoms with Crippen molar-refractivity contribution in [2.24, 2.45) is 0 Å². The average Bonchev–Trinajstić information content (AvgIpc) is 2.00. The van der Waals surface area contributed by atoms with Gasteiger partial charge in [0.25, 0.3) is 0 Å². The Morgan fingerprint density at radius 2 is 1.87 bits per heavy atom. The summed E-state index contributed by atoms with van der Waals surface area (Å²) in [4.78, 5) is 4.17. The molecule has 0 fully saturated rings. The number of pyridine rings is 1. The Hall–Kier alpha value is -0.833. The Labute approximate surface area is 93.8 Å². The molecule has 1 aromatic rings. The van der Waals surface area contributed by atoms with Crippen LogP contribution in [0.1, 0.15) is 26.5 Å². The summed E-state index contributed by atoms with van der Waals surface area (Å²) >= 11 is 0. The molecule has 0 saturated heterocycles. The summed E-state index contributed by atoms with van der Waals surface area (Å²) < 4.78 is 6.15. The van der Waals surface area contributed by atoms with E-state index < -0.39 is 8.32 Å². The van der Waals surface area contributed by atoms with Crippen molar-refractivity contribution >= 4 is 8.32 Å². The van der Waals surface area contributed by atoms with Crippen LogP contribution in [0.2, 0.25) is 18.1 Å². The van der Waals surface area contributed by atoms with E-state index in [1.807, 2.05) is 19.1 Å². The number of hydrogen-bond donors (Lipinski definition) is 0. The smallest absolute Gasteiger partial charge is 0.250 e. The number of nitrogens with zero attached hydrogens (tertiary/aromatic N) is 1. The first-order valence-electron chi connectivity index (χ1n) is 5.34. The summed E-state index contributed by atoms with van der Waals surface area (Å²) in [5, 5.41) is 0.240. The van der Waals surface area contributed by atoms with E-state index in [0.717, 1.165) is 11.4 Å². The highest BCUT2D eigenvalue weighted by Crippen LogP contribution is 2.37. The Morgan fingerprint density at radius 3 is 2.33 bits per heavy atom. The molecule has 15 heavy (non-hydrogen) atoms. The molecule has 0 aliphatic rings. The zero-order valence-corrected chi connectivity index (χ0v) is 11.6. The van der Waals surface area contributed by atoms with Gasteiger partial charge in [0.2, 0.25) is 8.32 Å². The van der Waals surface area contributed by atoms with Crippen molar-refractivity contribution in [2.75, 3.05) is 0 Å². The topological polar surface area (TPSA) is 22.1 Å². The van der Waals surface area contributed by atoms with Gasteiger partial charge in [-0.1, -0.05) is 20.8 Å². The van der Waals surface area contributed by atoms with Gasteiger partial charge in [-0.15, -0.1) is 0 Å². The maximum Gasteiger partial charge on any atom is 0.250 e. The van der Waals surface area contributed by atoms with Crippen molar-refractivity contribution in [3.8, 4) is 5.75 Å². The Morgan fingerprint density at radius 1 is 1.27 bits per heavy atom. The number of aryl methyl sites for hydroxylation is 1. The van der Waals surface area contributed by atoms with E-state index in [0.29, 0.717) is 0 Å². The molecule has 0 unspecified atom stereocenters. The zero-order chi connectivity index (χ0) is 11.7. The minimum Gasteiger partial charge on any atom is -0.543 e. The van der Waals surface area contributed by atoms with Gasteiger partial charge in [0.05, 0.1) is 0 Å². The van der Waals surface area contributed by atoms with Gasteiger partial charge >= 0.3 is 0 Å². The van der Waals surface area contributed by atoms with Crippen molar-refractivity contribution in [3.05, 3.63) is 24.0 Å². The fraction of sp³-hybridized carbons (Fsp3) is 0.583. The van der Waals surface area contributed by atoms with Gasteiger partial charge in [0.1, 0.15) is 5.75 Å². The molecule has 0 radical (unpaired) electrons. The van der Waals surface area contributed by atoms with Crippen LogP contribution in [0.4, 0.5) is 0 Å². The molecule has 1 rings (SSSR count). The van der Waals surface area contributed by atoms with E-state index in [4.69, 9.17) is 4.43 Å². The molecular weight excluding hydrogens is 202 g/mol. The molecule has 84 valence electrons. The molecule has 0 aliphatic heterocycles. The Bertz CT molecular complexity index is 342. The molecule has 2 nitrogen and oxygen atoms in total. The first-order chi connectivity index (χ1) is 6.72. The highest BCUT2D eigenvalue weighted by molar-refractivity contribution is 6.74. The van der Waals surface area contributed by atoms with E-state index in [-0.39, 0.29) is 5.04 Å². The van der Waals surface area contributed by atoms with E-state index in [1.54, 1.807) is 6.20 Å². The molecule has 0 bridgehead atoms. The molecule has 1 heterocycles. The Kier molecular flexibility index (Phi) is 3.24. The van der Waals surface area contributed by atoms with Crippen LogP contribution in [0.3, 0.4) is 0 Å². The van der Waals surface area contributed by atoms with Gasteiger partial charge in [-0.05, 0) is 37.2 Å². The van der Waals surface area contributed by atoms with Gasteiger partial charge in [0, 0.05) is 11.9 Å². The van der Waals surface area contributed by atoms with E-state index in [9.17, 15) is 0 Å². The predicted molar refractivity (Wildman–Crippen MR) is 66.8 cm³/mol. The fourth-order valence-electron chi connectivity index (χ4n) is 1.03. The molecule has 0 spiro atoms. The highest BCUT2D eigenvalue weighted by Gasteiger charge is 2.38. The minimum absolute atomic E-state index is 0.240.